The quantitative estimate of drug-likeness (QED) is 0.802. The Kier molecular flexibility index (Phi) is 4.68. The Morgan fingerprint density at radius 1 is 1.35 bits per heavy atom. The van der Waals surface area contributed by atoms with Crippen LogP contribution in [0.3, 0.4) is 0 Å². The first-order valence-corrected chi connectivity index (χ1v) is 7.52. The third kappa shape index (κ3) is 4.11. The van der Waals surface area contributed by atoms with Crippen molar-refractivity contribution in [3.63, 3.8) is 0 Å². The van der Waals surface area contributed by atoms with Crippen molar-refractivity contribution in [3.8, 4) is 0 Å². The van der Waals surface area contributed by atoms with Gasteiger partial charge in [0, 0.05) is 18.7 Å². The lowest BCUT2D eigenvalue weighted by molar-refractivity contribution is 0.167. The lowest BCUT2D eigenvalue weighted by atomic mass is 9.91. The zero-order chi connectivity index (χ0) is 13.1. The van der Waals surface area contributed by atoms with Gasteiger partial charge in [-0.15, -0.1) is 0 Å². The smallest absolute Gasteiger partial charge is 0.150 e. The van der Waals surface area contributed by atoms with Crippen molar-refractivity contribution in [3.05, 3.63) is 35.4 Å². The Bertz CT molecular complexity index is 470. The molecule has 2 atom stereocenters. The van der Waals surface area contributed by atoms with Crippen molar-refractivity contribution in [1.29, 1.82) is 0 Å². The van der Waals surface area contributed by atoms with Crippen LogP contribution in [0.25, 0.3) is 0 Å². The van der Waals surface area contributed by atoms with E-state index in [4.69, 9.17) is 5.73 Å². The second-order valence-corrected chi connectivity index (χ2v) is 6.54. The highest BCUT2D eigenvalue weighted by atomic mass is 32.2. The fraction of sp³-hybridized carbons (Fsp3) is 0.500. The molecule has 0 saturated heterocycles. The standard InChI is InChI=1S/C12H19NO3S/c1-9-5-3-4-6-10(9)11(7-13)12(14)8-17(2,15)16/h3-6,11-12,14H,7-8,13H2,1-2H3. The van der Waals surface area contributed by atoms with Gasteiger partial charge in [0.2, 0.25) is 0 Å². The monoisotopic (exact) mass is 257 g/mol. The number of aliphatic hydroxyl groups excluding tert-OH is 1. The van der Waals surface area contributed by atoms with E-state index in [2.05, 4.69) is 0 Å². The predicted molar refractivity (Wildman–Crippen MR) is 68.7 cm³/mol. The van der Waals surface area contributed by atoms with E-state index in [1.165, 1.54) is 0 Å². The molecule has 17 heavy (non-hydrogen) atoms. The summed E-state index contributed by atoms with van der Waals surface area (Å²) in [5, 5.41) is 9.96. The maximum Gasteiger partial charge on any atom is 0.150 e. The molecule has 0 fully saturated rings. The first-order chi connectivity index (χ1) is 7.85. The van der Waals surface area contributed by atoms with Crippen LogP contribution in [0.2, 0.25) is 0 Å². The zero-order valence-corrected chi connectivity index (χ0v) is 10.9. The third-order valence-electron chi connectivity index (χ3n) is 2.78. The summed E-state index contributed by atoms with van der Waals surface area (Å²) in [5.41, 5.74) is 7.56. The van der Waals surface area contributed by atoms with E-state index in [9.17, 15) is 13.5 Å². The van der Waals surface area contributed by atoms with Gasteiger partial charge in [0.1, 0.15) is 9.84 Å². The average Bonchev–Trinajstić information content (AvgIpc) is 2.19. The highest BCUT2D eigenvalue weighted by Gasteiger charge is 2.24. The maximum atomic E-state index is 11.2. The van der Waals surface area contributed by atoms with Crippen molar-refractivity contribution in [1.82, 2.24) is 0 Å². The first-order valence-electron chi connectivity index (χ1n) is 5.46. The van der Waals surface area contributed by atoms with Gasteiger partial charge in [-0.1, -0.05) is 24.3 Å². The fourth-order valence-electron chi connectivity index (χ4n) is 1.92. The maximum absolute atomic E-state index is 11.2. The van der Waals surface area contributed by atoms with Gasteiger partial charge < -0.3 is 10.8 Å². The molecule has 0 amide bonds. The minimum absolute atomic E-state index is 0.224. The molecular weight excluding hydrogens is 238 g/mol. The van der Waals surface area contributed by atoms with Crippen molar-refractivity contribution in [2.75, 3.05) is 18.6 Å². The molecule has 2 unspecified atom stereocenters. The number of aliphatic hydroxyl groups is 1. The molecule has 4 nitrogen and oxygen atoms in total. The van der Waals surface area contributed by atoms with Crippen LogP contribution in [0.15, 0.2) is 24.3 Å². The molecule has 0 spiro atoms. The van der Waals surface area contributed by atoms with Gasteiger partial charge in [-0.3, -0.25) is 0 Å². The third-order valence-corrected chi connectivity index (χ3v) is 3.73. The molecule has 5 heteroatoms. The van der Waals surface area contributed by atoms with E-state index in [0.29, 0.717) is 0 Å². The molecule has 3 N–H and O–H groups in total. The van der Waals surface area contributed by atoms with Gasteiger partial charge in [0.05, 0.1) is 11.9 Å². The minimum atomic E-state index is -3.20. The van der Waals surface area contributed by atoms with Crippen LogP contribution in [0.4, 0.5) is 0 Å². The van der Waals surface area contributed by atoms with E-state index in [-0.39, 0.29) is 18.2 Å². The number of rotatable bonds is 5. The summed E-state index contributed by atoms with van der Waals surface area (Å²) in [4.78, 5) is 0. The molecular formula is C12H19NO3S. The second kappa shape index (κ2) is 5.62. The highest BCUT2D eigenvalue weighted by Crippen LogP contribution is 2.22. The van der Waals surface area contributed by atoms with Gasteiger partial charge in [0.25, 0.3) is 0 Å². The Labute approximate surface area is 102 Å². The highest BCUT2D eigenvalue weighted by molar-refractivity contribution is 7.90. The molecule has 0 radical (unpaired) electrons. The largest absolute Gasteiger partial charge is 0.391 e. The molecule has 0 aliphatic carbocycles. The van der Waals surface area contributed by atoms with Gasteiger partial charge >= 0.3 is 0 Å². The average molecular weight is 257 g/mol. The number of benzene rings is 1. The topological polar surface area (TPSA) is 80.4 Å². The van der Waals surface area contributed by atoms with Crippen LogP contribution in [0.5, 0.6) is 0 Å². The molecule has 0 saturated carbocycles. The Morgan fingerprint density at radius 3 is 2.41 bits per heavy atom. The summed E-state index contributed by atoms with van der Waals surface area (Å²) in [6.45, 7) is 2.15. The van der Waals surface area contributed by atoms with E-state index in [0.717, 1.165) is 17.4 Å². The summed E-state index contributed by atoms with van der Waals surface area (Å²) in [5.74, 6) is -0.602. The molecule has 0 aliphatic rings. The number of hydrogen-bond acceptors (Lipinski definition) is 4. The van der Waals surface area contributed by atoms with E-state index in [1.807, 2.05) is 31.2 Å². The fourth-order valence-corrected chi connectivity index (χ4v) is 2.77. The number of sulfone groups is 1. The Balaban J connectivity index is 2.96. The van der Waals surface area contributed by atoms with Crippen molar-refractivity contribution < 1.29 is 13.5 Å². The Morgan fingerprint density at radius 2 is 1.94 bits per heavy atom. The van der Waals surface area contributed by atoms with E-state index >= 15 is 0 Å². The van der Waals surface area contributed by atoms with Crippen molar-refractivity contribution >= 4 is 9.84 Å². The van der Waals surface area contributed by atoms with Gasteiger partial charge in [-0.05, 0) is 18.1 Å². The molecule has 96 valence electrons. The van der Waals surface area contributed by atoms with E-state index < -0.39 is 15.9 Å². The normalized spacial score (nSPS) is 15.5. The predicted octanol–water partition coefficient (Wildman–Crippen LogP) is 0.443. The van der Waals surface area contributed by atoms with Crippen LogP contribution in [-0.2, 0) is 9.84 Å². The molecule has 0 heterocycles. The summed E-state index contributed by atoms with van der Waals surface area (Å²) in [6, 6.07) is 7.55. The van der Waals surface area contributed by atoms with Gasteiger partial charge in [0.15, 0.2) is 0 Å². The lowest BCUT2D eigenvalue weighted by Gasteiger charge is -2.22. The van der Waals surface area contributed by atoms with Crippen LogP contribution in [0.1, 0.15) is 17.0 Å². The molecule has 1 rings (SSSR count). The minimum Gasteiger partial charge on any atom is -0.391 e. The van der Waals surface area contributed by atoms with Gasteiger partial charge in [-0.25, -0.2) is 8.42 Å². The SMILES string of the molecule is Cc1ccccc1C(CN)C(O)CS(C)(=O)=O. The molecule has 1 aromatic rings. The number of aryl methyl sites for hydroxylation is 1. The summed E-state index contributed by atoms with van der Waals surface area (Å²) in [7, 11) is -3.20. The molecule has 0 aromatic heterocycles. The second-order valence-electron chi connectivity index (χ2n) is 4.36. The number of nitrogens with two attached hydrogens (primary N) is 1. The number of hydrogen-bond donors (Lipinski definition) is 2. The van der Waals surface area contributed by atoms with E-state index in [1.54, 1.807) is 0 Å². The lowest BCUT2D eigenvalue weighted by Crippen LogP contribution is -2.32. The summed E-state index contributed by atoms with van der Waals surface area (Å²) < 4.78 is 22.4. The van der Waals surface area contributed by atoms with Crippen LogP contribution in [-0.4, -0.2) is 38.2 Å². The first kappa shape index (κ1) is 14.2. The van der Waals surface area contributed by atoms with Crippen molar-refractivity contribution in [2.24, 2.45) is 5.73 Å². The van der Waals surface area contributed by atoms with Crippen molar-refractivity contribution in [2.45, 2.75) is 18.9 Å². The van der Waals surface area contributed by atoms with Crippen LogP contribution < -0.4 is 5.73 Å². The summed E-state index contributed by atoms with van der Waals surface area (Å²) in [6.07, 6.45) is 0.151. The molecule has 0 aliphatic heterocycles. The zero-order valence-electron chi connectivity index (χ0n) is 10.1. The molecule has 0 bridgehead atoms. The van der Waals surface area contributed by atoms with Crippen LogP contribution in [0, 0.1) is 6.92 Å². The van der Waals surface area contributed by atoms with Gasteiger partial charge in [-0.2, -0.15) is 0 Å². The molecule has 1 aromatic carbocycles. The Hall–Kier alpha value is -0.910. The van der Waals surface area contributed by atoms with Crippen LogP contribution >= 0.6 is 0 Å². The summed E-state index contributed by atoms with van der Waals surface area (Å²) >= 11 is 0.